The molecule has 1 aliphatic heterocycles. The third-order valence-corrected chi connectivity index (χ3v) is 4.47. The van der Waals surface area contributed by atoms with Gasteiger partial charge in [0.25, 0.3) is 0 Å². The second-order valence-corrected chi connectivity index (χ2v) is 5.90. The van der Waals surface area contributed by atoms with Gasteiger partial charge in [0, 0.05) is 25.2 Å². The highest BCUT2D eigenvalue weighted by atomic mass is 16.2. The fourth-order valence-corrected chi connectivity index (χ4v) is 3.07. The molecule has 1 unspecified atom stereocenters. The monoisotopic (exact) mass is 294 g/mol. The molecule has 2 aromatic carbocycles. The summed E-state index contributed by atoms with van der Waals surface area (Å²) < 4.78 is 0. The lowest BCUT2D eigenvalue weighted by Gasteiger charge is -2.15. The normalized spacial score (nSPS) is 14.8. The molecule has 2 N–H and O–H groups in total. The van der Waals surface area contributed by atoms with E-state index in [0.717, 1.165) is 25.1 Å². The zero-order valence-corrected chi connectivity index (χ0v) is 13.2. The van der Waals surface area contributed by atoms with Crippen LogP contribution in [-0.4, -0.2) is 12.5 Å². The van der Waals surface area contributed by atoms with E-state index in [0.29, 0.717) is 0 Å². The topological polar surface area (TPSA) is 46.3 Å². The molecule has 0 saturated heterocycles. The van der Waals surface area contributed by atoms with Crippen molar-refractivity contribution in [3.05, 3.63) is 53.6 Å². The lowest BCUT2D eigenvalue weighted by molar-refractivity contribution is -0.116. The third-order valence-electron chi connectivity index (χ3n) is 4.47. The molecule has 3 nitrogen and oxygen atoms in total. The van der Waals surface area contributed by atoms with Gasteiger partial charge < -0.3 is 10.6 Å². The summed E-state index contributed by atoms with van der Waals surface area (Å²) in [6.07, 6.45) is 1.88. The Morgan fingerprint density at radius 3 is 2.50 bits per heavy atom. The number of fused-ring (bicyclic) bond motifs is 1. The van der Waals surface area contributed by atoms with Crippen LogP contribution in [0.25, 0.3) is 11.1 Å². The molecule has 0 fully saturated rings. The average Bonchev–Trinajstić information content (AvgIpc) is 2.97. The number of anilines is 1. The SMILES string of the molecule is CCC(N)c1ccc(-c2ccc3c(c2)CCN3C(C)=O)cc1. The van der Waals surface area contributed by atoms with Gasteiger partial charge in [0.15, 0.2) is 0 Å². The first kappa shape index (κ1) is 14.8. The predicted molar refractivity (Wildman–Crippen MR) is 90.8 cm³/mol. The van der Waals surface area contributed by atoms with E-state index < -0.39 is 0 Å². The van der Waals surface area contributed by atoms with Crippen LogP contribution in [-0.2, 0) is 11.2 Å². The average molecular weight is 294 g/mol. The Morgan fingerprint density at radius 1 is 1.18 bits per heavy atom. The maximum Gasteiger partial charge on any atom is 0.223 e. The van der Waals surface area contributed by atoms with Crippen LogP contribution in [0.4, 0.5) is 5.69 Å². The summed E-state index contributed by atoms with van der Waals surface area (Å²) >= 11 is 0. The number of benzene rings is 2. The maximum absolute atomic E-state index is 11.6. The van der Waals surface area contributed by atoms with Crippen LogP contribution in [0.5, 0.6) is 0 Å². The summed E-state index contributed by atoms with van der Waals surface area (Å²) in [5.74, 6) is 0.115. The molecule has 1 aliphatic rings. The van der Waals surface area contributed by atoms with Crippen molar-refractivity contribution in [2.24, 2.45) is 5.73 Å². The number of nitrogens with two attached hydrogens (primary N) is 1. The van der Waals surface area contributed by atoms with Crippen LogP contribution in [0.2, 0.25) is 0 Å². The van der Waals surface area contributed by atoms with E-state index >= 15 is 0 Å². The standard InChI is InChI=1S/C19H22N2O/c1-3-18(20)15-6-4-14(5-7-15)16-8-9-19-17(12-16)10-11-21(19)13(2)22/h4-9,12,18H,3,10-11,20H2,1-2H3. The molecule has 2 aromatic rings. The van der Waals surface area contributed by atoms with Crippen molar-refractivity contribution < 1.29 is 4.79 Å². The van der Waals surface area contributed by atoms with Gasteiger partial charge in [-0.25, -0.2) is 0 Å². The van der Waals surface area contributed by atoms with Crippen LogP contribution in [0, 0.1) is 0 Å². The Morgan fingerprint density at radius 2 is 1.86 bits per heavy atom. The maximum atomic E-state index is 11.6. The van der Waals surface area contributed by atoms with E-state index in [4.69, 9.17) is 5.73 Å². The smallest absolute Gasteiger partial charge is 0.223 e. The van der Waals surface area contributed by atoms with Gasteiger partial charge in [0.1, 0.15) is 0 Å². The zero-order chi connectivity index (χ0) is 15.7. The van der Waals surface area contributed by atoms with Gasteiger partial charge in [0.05, 0.1) is 0 Å². The molecular weight excluding hydrogens is 272 g/mol. The summed E-state index contributed by atoms with van der Waals surface area (Å²) in [6.45, 7) is 4.51. The second-order valence-electron chi connectivity index (χ2n) is 5.90. The molecule has 0 saturated carbocycles. The molecule has 1 heterocycles. The number of hydrogen-bond acceptors (Lipinski definition) is 2. The van der Waals surface area contributed by atoms with E-state index in [1.165, 1.54) is 22.3 Å². The quantitative estimate of drug-likeness (QED) is 0.938. The van der Waals surface area contributed by atoms with Crippen LogP contribution in [0.3, 0.4) is 0 Å². The van der Waals surface area contributed by atoms with Crippen LogP contribution in [0.1, 0.15) is 37.4 Å². The largest absolute Gasteiger partial charge is 0.324 e. The van der Waals surface area contributed by atoms with Crippen molar-refractivity contribution in [2.45, 2.75) is 32.7 Å². The predicted octanol–water partition coefficient (Wildman–Crippen LogP) is 3.67. The number of nitrogens with zero attached hydrogens (tertiary/aromatic N) is 1. The summed E-state index contributed by atoms with van der Waals surface area (Å²) in [7, 11) is 0. The first-order chi connectivity index (χ1) is 10.6. The van der Waals surface area contributed by atoms with Gasteiger partial charge in [0.2, 0.25) is 5.91 Å². The summed E-state index contributed by atoms with van der Waals surface area (Å²) in [4.78, 5) is 13.5. The Hall–Kier alpha value is -2.13. The van der Waals surface area contributed by atoms with E-state index in [1.807, 2.05) is 4.90 Å². The highest BCUT2D eigenvalue weighted by Crippen LogP contribution is 2.32. The lowest BCUT2D eigenvalue weighted by Crippen LogP contribution is -2.25. The number of carbonyl (C=O) groups excluding carboxylic acids is 1. The van der Waals surface area contributed by atoms with Gasteiger partial charge >= 0.3 is 0 Å². The molecular formula is C19H22N2O. The van der Waals surface area contributed by atoms with Crippen LogP contribution < -0.4 is 10.6 Å². The minimum Gasteiger partial charge on any atom is -0.324 e. The van der Waals surface area contributed by atoms with E-state index in [1.54, 1.807) is 6.92 Å². The number of rotatable bonds is 3. The fourth-order valence-electron chi connectivity index (χ4n) is 3.07. The molecule has 0 aliphatic carbocycles. The number of hydrogen-bond donors (Lipinski definition) is 1. The van der Waals surface area contributed by atoms with Gasteiger partial charge in [-0.1, -0.05) is 37.3 Å². The van der Waals surface area contributed by atoms with E-state index in [-0.39, 0.29) is 11.9 Å². The minimum absolute atomic E-state index is 0.109. The molecule has 0 spiro atoms. The highest BCUT2D eigenvalue weighted by Gasteiger charge is 2.22. The summed E-state index contributed by atoms with van der Waals surface area (Å²) in [5, 5.41) is 0. The van der Waals surface area contributed by atoms with Crippen LogP contribution in [0.15, 0.2) is 42.5 Å². The highest BCUT2D eigenvalue weighted by molar-refractivity contribution is 5.94. The van der Waals surface area contributed by atoms with Gasteiger partial charge in [-0.15, -0.1) is 0 Å². The molecule has 3 rings (SSSR count). The molecule has 0 radical (unpaired) electrons. The Bertz CT molecular complexity index is 691. The van der Waals surface area contributed by atoms with Crippen molar-refractivity contribution in [1.82, 2.24) is 0 Å². The van der Waals surface area contributed by atoms with E-state index in [2.05, 4.69) is 49.4 Å². The minimum atomic E-state index is 0.109. The number of amides is 1. The van der Waals surface area contributed by atoms with Gasteiger partial charge in [-0.2, -0.15) is 0 Å². The van der Waals surface area contributed by atoms with E-state index in [9.17, 15) is 4.79 Å². The Balaban J connectivity index is 1.89. The van der Waals surface area contributed by atoms with Crippen molar-refractivity contribution >= 4 is 11.6 Å². The first-order valence-corrected chi connectivity index (χ1v) is 7.87. The molecule has 114 valence electrons. The molecule has 1 atom stereocenters. The van der Waals surface area contributed by atoms with Crippen LogP contribution >= 0.6 is 0 Å². The molecule has 1 amide bonds. The third kappa shape index (κ3) is 2.64. The molecule has 22 heavy (non-hydrogen) atoms. The molecule has 3 heteroatoms. The second kappa shape index (κ2) is 5.93. The first-order valence-electron chi connectivity index (χ1n) is 7.87. The van der Waals surface area contributed by atoms with Crippen molar-refractivity contribution in [2.75, 3.05) is 11.4 Å². The lowest BCUT2D eigenvalue weighted by atomic mass is 9.98. The zero-order valence-electron chi connectivity index (χ0n) is 13.2. The summed E-state index contributed by atoms with van der Waals surface area (Å²) in [5.41, 5.74) is 11.9. The molecule has 0 bridgehead atoms. The Labute approximate surface area is 131 Å². The summed E-state index contributed by atoms with van der Waals surface area (Å²) in [6, 6.07) is 14.9. The molecule has 0 aromatic heterocycles. The Kier molecular flexibility index (Phi) is 3.99. The van der Waals surface area contributed by atoms with Crippen molar-refractivity contribution in [3.8, 4) is 11.1 Å². The van der Waals surface area contributed by atoms with Gasteiger partial charge in [-0.3, -0.25) is 4.79 Å². The fraction of sp³-hybridized carbons (Fsp3) is 0.316. The van der Waals surface area contributed by atoms with Crippen molar-refractivity contribution in [1.29, 1.82) is 0 Å². The number of carbonyl (C=O) groups is 1. The van der Waals surface area contributed by atoms with Crippen molar-refractivity contribution in [3.63, 3.8) is 0 Å². The van der Waals surface area contributed by atoms with Gasteiger partial charge in [-0.05, 0) is 47.2 Å².